The van der Waals surface area contributed by atoms with Crippen molar-refractivity contribution in [3.63, 3.8) is 0 Å². The van der Waals surface area contributed by atoms with Crippen LogP contribution in [0.5, 0.6) is 5.75 Å². The van der Waals surface area contributed by atoms with Gasteiger partial charge < -0.3 is 10.1 Å². The van der Waals surface area contributed by atoms with Crippen molar-refractivity contribution < 1.29 is 22.7 Å². The van der Waals surface area contributed by atoms with Crippen molar-refractivity contribution in [3.8, 4) is 11.8 Å². The van der Waals surface area contributed by atoms with Gasteiger partial charge in [-0.05, 0) is 37.1 Å². The molecule has 1 aromatic rings. The topological polar surface area (TPSA) is 62.1 Å². The van der Waals surface area contributed by atoms with Gasteiger partial charge in [-0.15, -0.1) is 13.2 Å². The third-order valence-corrected chi connectivity index (χ3v) is 2.81. The summed E-state index contributed by atoms with van der Waals surface area (Å²) in [5.74, 6) is -0.617. The van der Waals surface area contributed by atoms with E-state index in [1.165, 1.54) is 18.3 Å². The highest BCUT2D eigenvalue weighted by atomic mass is 19.4. The number of ether oxygens (including phenoxy) is 1. The summed E-state index contributed by atoms with van der Waals surface area (Å²) in [7, 11) is 0. The van der Waals surface area contributed by atoms with Crippen molar-refractivity contribution in [2.24, 2.45) is 5.92 Å². The minimum Gasteiger partial charge on any atom is -0.406 e. The van der Waals surface area contributed by atoms with E-state index in [4.69, 9.17) is 5.26 Å². The Bertz CT molecular complexity index is 596. The van der Waals surface area contributed by atoms with Crippen molar-refractivity contribution in [3.05, 3.63) is 36.0 Å². The molecule has 0 atom stereocenters. The van der Waals surface area contributed by atoms with Crippen LogP contribution >= 0.6 is 0 Å². The molecule has 1 fully saturated rings. The molecule has 2 rings (SSSR count). The van der Waals surface area contributed by atoms with E-state index in [0.29, 0.717) is 5.69 Å². The first kappa shape index (κ1) is 14.9. The van der Waals surface area contributed by atoms with Gasteiger partial charge in [0.05, 0.1) is 0 Å². The molecule has 0 unspecified atom stereocenters. The second kappa shape index (κ2) is 5.87. The zero-order valence-electron chi connectivity index (χ0n) is 10.8. The smallest absolute Gasteiger partial charge is 0.406 e. The molecule has 1 aromatic carbocycles. The number of benzene rings is 1. The van der Waals surface area contributed by atoms with Crippen molar-refractivity contribution in [2.75, 3.05) is 5.32 Å². The molecule has 1 N–H and O–H groups in total. The summed E-state index contributed by atoms with van der Waals surface area (Å²) in [4.78, 5) is 11.7. The number of alkyl halides is 3. The Morgan fingerprint density at radius 2 is 1.95 bits per heavy atom. The van der Waals surface area contributed by atoms with Crippen LogP contribution < -0.4 is 10.1 Å². The van der Waals surface area contributed by atoms with Crippen LogP contribution in [0.4, 0.5) is 18.9 Å². The Labute approximate surface area is 118 Å². The van der Waals surface area contributed by atoms with Gasteiger partial charge in [0, 0.05) is 17.8 Å². The third-order valence-electron chi connectivity index (χ3n) is 2.81. The molecule has 1 aliphatic rings. The van der Waals surface area contributed by atoms with Crippen molar-refractivity contribution in [1.29, 1.82) is 5.26 Å². The quantitative estimate of drug-likeness (QED) is 0.668. The molecule has 0 radical (unpaired) electrons. The molecule has 1 saturated carbocycles. The molecule has 1 aliphatic carbocycles. The molecule has 0 amide bonds. The van der Waals surface area contributed by atoms with Crippen LogP contribution in [0.25, 0.3) is 0 Å². The van der Waals surface area contributed by atoms with E-state index in [-0.39, 0.29) is 23.0 Å². The fraction of sp³-hybridized carbons (Fsp3) is 0.286. The Morgan fingerprint density at radius 3 is 2.43 bits per heavy atom. The largest absolute Gasteiger partial charge is 0.573 e. The summed E-state index contributed by atoms with van der Waals surface area (Å²) in [6.07, 6.45) is -1.89. The zero-order valence-corrected chi connectivity index (χ0v) is 10.8. The fourth-order valence-corrected chi connectivity index (χ4v) is 1.63. The van der Waals surface area contributed by atoms with E-state index in [9.17, 15) is 18.0 Å². The molecule has 0 aromatic heterocycles. The fourth-order valence-electron chi connectivity index (χ4n) is 1.63. The Balaban J connectivity index is 1.99. The van der Waals surface area contributed by atoms with Gasteiger partial charge in [-0.1, -0.05) is 0 Å². The number of nitrogens with zero attached hydrogens (tertiary/aromatic N) is 1. The summed E-state index contributed by atoms with van der Waals surface area (Å²) in [5, 5.41) is 11.6. The van der Waals surface area contributed by atoms with E-state index in [1.54, 1.807) is 0 Å². The number of halogens is 3. The number of hydrogen-bond acceptors (Lipinski definition) is 4. The number of nitriles is 1. The molecule has 21 heavy (non-hydrogen) atoms. The molecule has 110 valence electrons. The summed E-state index contributed by atoms with van der Waals surface area (Å²) >= 11 is 0. The Hall–Kier alpha value is -2.49. The van der Waals surface area contributed by atoms with Crippen LogP contribution in [0.3, 0.4) is 0 Å². The average molecular weight is 296 g/mol. The van der Waals surface area contributed by atoms with Gasteiger partial charge in [0.25, 0.3) is 0 Å². The molecule has 0 spiro atoms. The van der Waals surface area contributed by atoms with Gasteiger partial charge in [0.15, 0.2) is 5.78 Å². The standard InChI is InChI=1S/C14H11F3N2O2/c15-14(16,17)21-12-5-3-11(4-6-12)19-8-10(7-18)13(20)9-1-2-9/h3-6,8-9,19H,1-2H2. The van der Waals surface area contributed by atoms with E-state index < -0.39 is 6.36 Å². The number of Topliss-reactive ketones (excluding diaryl/α,β-unsaturated/α-hetero) is 1. The van der Waals surface area contributed by atoms with Crippen molar-refractivity contribution in [1.82, 2.24) is 0 Å². The van der Waals surface area contributed by atoms with Crippen LogP contribution in [0.15, 0.2) is 36.0 Å². The number of rotatable bonds is 5. The molecule has 0 saturated heterocycles. The van der Waals surface area contributed by atoms with Gasteiger partial charge in [-0.2, -0.15) is 5.26 Å². The highest BCUT2D eigenvalue weighted by Crippen LogP contribution is 2.32. The molecule has 0 bridgehead atoms. The van der Waals surface area contributed by atoms with Gasteiger partial charge in [-0.25, -0.2) is 0 Å². The van der Waals surface area contributed by atoms with E-state index in [1.807, 2.05) is 6.07 Å². The normalized spacial score (nSPS) is 15.2. The SMILES string of the molecule is N#CC(=CNc1ccc(OC(F)(F)F)cc1)C(=O)C1CC1. The van der Waals surface area contributed by atoms with Crippen molar-refractivity contribution >= 4 is 11.5 Å². The Kier molecular flexibility index (Phi) is 4.17. The number of nitrogens with one attached hydrogen (secondary N) is 1. The number of ketones is 1. The minimum absolute atomic E-state index is 0.00752. The lowest BCUT2D eigenvalue weighted by Gasteiger charge is -2.09. The molecule has 0 heterocycles. The van der Waals surface area contributed by atoms with E-state index in [2.05, 4.69) is 10.1 Å². The summed E-state index contributed by atoms with van der Waals surface area (Å²) in [5.41, 5.74) is 0.453. The lowest BCUT2D eigenvalue weighted by atomic mass is 10.1. The van der Waals surface area contributed by atoms with Crippen LogP contribution in [0.1, 0.15) is 12.8 Å². The zero-order chi connectivity index (χ0) is 15.5. The summed E-state index contributed by atoms with van der Waals surface area (Å²) < 4.78 is 39.7. The first-order valence-corrected chi connectivity index (χ1v) is 6.16. The lowest BCUT2D eigenvalue weighted by Crippen LogP contribution is -2.16. The molecule has 0 aliphatic heterocycles. The second-order valence-corrected chi connectivity index (χ2v) is 4.52. The van der Waals surface area contributed by atoms with Gasteiger partial charge in [0.2, 0.25) is 0 Å². The maximum absolute atomic E-state index is 12.0. The molecular weight excluding hydrogens is 285 g/mol. The van der Waals surface area contributed by atoms with E-state index >= 15 is 0 Å². The number of carbonyl (C=O) groups is 1. The minimum atomic E-state index is -4.74. The van der Waals surface area contributed by atoms with Crippen LogP contribution in [0, 0.1) is 17.2 Å². The van der Waals surface area contributed by atoms with Crippen LogP contribution in [0.2, 0.25) is 0 Å². The van der Waals surface area contributed by atoms with Gasteiger partial charge in [-0.3, -0.25) is 4.79 Å². The highest BCUT2D eigenvalue weighted by molar-refractivity contribution is 6.02. The van der Waals surface area contributed by atoms with Crippen LogP contribution in [-0.4, -0.2) is 12.1 Å². The first-order valence-electron chi connectivity index (χ1n) is 6.16. The first-order chi connectivity index (χ1) is 9.89. The number of anilines is 1. The number of allylic oxidation sites excluding steroid dienone is 1. The van der Waals surface area contributed by atoms with Crippen molar-refractivity contribution in [2.45, 2.75) is 19.2 Å². The summed E-state index contributed by atoms with van der Waals surface area (Å²) in [6, 6.07) is 6.80. The number of hydrogen-bond donors (Lipinski definition) is 1. The highest BCUT2D eigenvalue weighted by Gasteiger charge is 2.32. The van der Waals surface area contributed by atoms with Crippen LogP contribution in [-0.2, 0) is 4.79 Å². The van der Waals surface area contributed by atoms with Gasteiger partial charge >= 0.3 is 6.36 Å². The lowest BCUT2D eigenvalue weighted by molar-refractivity contribution is -0.274. The third kappa shape index (κ3) is 4.53. The average Bonchev–Trinajstić information content (AvgIpc) is 3.23. The number of carbonyl (C=O) groups excluding carboxylic acids is 1. The monoisotopic (exact) mass is 296 g/mol. The van der Waals surface area contributed by atoms with Gasteiger partial charge in [0.1, 0.15) is 17.4 Å². The molecule has 7 heteroatoms. The maximum atomic E-state index is 12.0. The predicted molar refractivity (Wildman–Crippen MR) is 68.2 cm³/mol. The molecule has 4 nitrogen and oxygen atoms in total. The summed E-state index contributed by atoms with van der Waals surface area (Å²) in [6.45, 7) is 0. The predicted octanol–water partition coefficient (Wildman–Crippen LogP) is 3.38. The molecular formula is C14H11F3N2O2. The maximum Gasteiger partial charge on any atom is 0.573 e. The Morgan fingerprint density at radius 1 is 1.33 bits per heavy atom. The second-order valence-electron chi connectivity index (χ2n) is 4.52. The van der Waals surface area contributed by atoms with E-state index in [0.717, 1.165) is 25.0 Å².